The lowest BCUT2D eigenvalue weighted by molar-refractivity contribution is 0.661. The van der Waals surface area contributed by atoms with E-state index in [1.807, 2.05) is 12.3 Å². The molecule has 0 spiro atoms. The zero-order chi connectivity index (χ0) is 44.6. The van der Waals surface area contributed by atoms with Crippen molar-refractivity contribution in [3.63, 3.8) is 0 Å². The van der Waals surface area contributed by atoms with Gasteiger partial charge in [-0.15, -0.1) is 0 Å². The molecule has 0 atom stereocenters. The Hall–Kier alpha value is -8.60. The maximum Gasteiger partial charge on any atom is 0.164 e. The molecule has 314 valence electrons. The zero-order valence-corrected chi connectivity index (χ0v) is 37.1. The molecule has 0 saturated heterocycles. The highest BCUT2D eigenvalue weighted by molar-refractivity contribution is 6.16. The van der Waals surface area contributed by atoms with E-state index < -0.39 is 0 Å². The van der Waals surface area contributed by atoms with Crippen LogP contribution >= 0.6 is 0 Å². The van der Waals surface area contributed by atoms with Gasteiger partial charge in [0.25, 0.3) is 0 Å². The summed E-state index contributed by atoms with van der Waals surface area (Å²) in [6, 6.07) is 74.5. The third-order valence-electron chi connectivity index (χ3n) is 13.9. The molecule has 13 rings (SSSR count). The first-order valence-electron chi connectivity index (χ1n) is 22.9. The van der Waals surface area contributed by atoms with Gasteiger partial charge in [0.2, 0.25) is 0 Å². The predicted octanol–water partition coefficient (Wildman–Crippen LogP) is 16.2. The SMILES string of the molecule is CC1(C)c2ccccc2-c2cccc(-c3nc(-c4ccc(-c5cccnc5)cc4)nc(-c4cc(-c5c6ccccc6cc6ccccc56)cc(-c5c6ccccc6cc6ccccc56)c4)n3)c21. The minimum atomic E-state index is -0.279. The van der Waals surface area contributed by atoms with E-state index in [4.69, 9.17) is 15.0 Å². The predicted molar refractivity (Wildman–Crippen MR) is 278 cm³/mol. The normalized spacial score (nSPS) is 12.7. The minimum Gasteiger partial charge on any atom is -0.264 e. The van der Waals surface area contributed by atoms with Gasteiger partial charge in [0.1, 0.15) is 0 Å². The average molecular weight is 855 g/mol. The number of hydrogen-bond donors (Lipinski definition) is 0. The molecule has 67 heavy (non-hydrogen) atoms. The average Bonchev–Trinajstić information content (AvgIpc) is 3.62. The minimum absolute atomic E-state index is 0.279. The van der Waals surface area contributed by atoms with E-state index in [1.54, 1.807) is 6.20 Å². The smallest absolute Gasteiger partial charge is 0.164 e. The Kier molecular flexibility index (Phi) is 8.84. The Morgan fingerprint density at radius 1 is 0.328 bits per heavy atom. The molecule has 10 aromatic carbocycles. The fraction of sp³-hybridized carbons (Fsp3) is 0.0476. The van der Waals surface area contributed by atoms with E-state index in [1.165, 1.54) is 76.5 Å². The zero-order valence-electron chi connectivity index (χ0n) is 37.1. The van der Waals surface area contributed by atoms with Gasteiger partial charge in [-0.1, -0.05) is 184 Å². The molecule has 0 unspecified atom stereocenters. The van der Waals surface area contributed by atoms with Crippen molar-refractivity contribution in [2.75, 3.05) is 0 Å². The monoisotopic (exact) mass is 854 g/mol. The van der Waals surface area contributed by atoms with Crippen LogP contribution in [0, 0.1) is 0 Å². The number of hydrogen-bond acceptors (Lipinski definition) is 4. The lowest BCUT2D eigenvalue weighted by Crippen LogP contribution is -2.17. The first-order valence-corrected chi connectivity index (χ1v) is 22.9. The van der Waals surface area contributed by atoms with Crippen LogP contribution in [0.3, 0.4) is 0 Å². The number of benzene rings is 10. The summed E-state index contributed by atoms with van der Waals surface area (Å²) in [7, 11) is 0. The van der Waals surface area contributed by atoms with Crippen molar-refractivity contribution in [3.8, 4) is 78.7 Å². The maximum absolute atomic E-state index is 5.56. The Morgan fingerprint density at radius 3 is 1.36 bits per heavy atom. The van der Waals surface area contributed by atoms with Crippen molar-refractivity contribution in [2.45, 2.75) is 19.3 Å². The van der Waals surface area contributed by atoms with E-state index in [-0.39, 0.29) is 5.41 Å². The molecule has 1 aliphatic rings. The molecule has 0 aliphatic heterocycles. The third kappa shape index (κ3) is 6.36. The number of fused-ring (bicyclic) bond motifs is 7. The molecule has 4 nitrogen and oxygen atoms in total. The van der Waals surface area contributed by atoms with Gasteiger partial charge >= 0.3 is 0 Å². The Morgan fingerprint density at radius 2 is 0.791 bits per heavy atom. The van der Waals surface area contributed by atoms with Crippen molar-refractivity contribution in [1.82, 2.24) is 19.9 Å². The first-order chi connectivity index (χ1) is 33.0. The van der Waals surface area contributed by atoms with Crippen LogP contribution in [0.4, 0.5) is 0 Å². The van der Waals surface area contributed by atoms with Gasteiger partial charge in [-0.3, -0.25) is 4.98 Å². The fourth-order valence-corrected chi connectivity index (χ4v) is 10.8. The number of nitrogens with zero attached hydrogens (tertiary/aromatic N) is 4. The van der Waals surface area contributed by atoms with Crippen LogP contribution in [0.5, 0.6) is 0 Å². The van der Waals surface area contributed by atoms with Crippen molar-refractivity contribution in [1.29, 1.82) is 0 Å². The summed E-state index contributed by atoms with van der Waals surface area (Å²) in [4.78, 5) is 20.8. The first kappa shape index (κ1) is 38.8. The highest BCUT2D eigenvalue weighted by Crippen LogP contribution is 2.52. The third-order valence-corrected chi connectivity index (χ3v) is 13.9. The number of aromatic nitrogens is 4. The van der Waals surface area contributed by atoms with Crippen molar-refractivity contribution >= 4 is 43.1 Å². The standard InChI is InChI=1S/C63H42N4/c1-63(2)56-27-12-11-24-53(56)54-25-13-26-55(59(54)63)62-66-60(40-30-28-39(29-31-40)45-19-14-32-64-38-45)65-61(67-62)48-36-46(57-49-20-7-3-15-41(49)33-42-16-4-8-21-50(42)57)35-47(37-48)58-51-22-9-5-17-43(51)34-44-18-6-10-23-52(44)58/h3-38H,1-2H3. The van der Waals surface area contributed by atoms with Crippen molar-refractivity contribution in [3.05, 3.63) is 230 Å². The Labute approximate surface area is 389 Å². The second-order valence-electron chi connectivity index (χ2n) is 18.2. The highest BCUT2D eigenvalue weighted by Gasteiger charge is 2.38. The maximum atomic E-state index is 5.56. The van der Waals surface area contributed by atoms with Gasteiger partial charge < -0.3 is 0 Å². The summed E-state index contributed by atoms with van der Waals surface area (Å²) < 4.78 is 0. The molecule has 0 N–H and O–H groups in total. The molecule has 0 radical (unpaired) electrons. The summed E-state index contributed by atoms with van der Waals surface area (Å²) in [5.41, 5.74) is 14.2. The molecule has 0 bridgehead atoms. The van der Waals surface area contributed by atoms with Crippen LogP contribution in [0.2, 0.25) is 0 Å². The summed E-state index contributed by atoms with van der Waals surface area (Å²) >= 11 is 0. The molecule has 2 aromatic heterocycles. The summed E-state index contributed by atoms with van der Waals surface area (Å²) in [5, 5.41) is 9.55. The van der Waals surface area contributed by atoms with Gasteiger partial charge in [0, 0.05) is 34.5 Å². The second-order valence-corrected chi connectivity index (χ2v) is 18.2. The van der Waals surface area contributed by atoms with Gasteiger partial charge in [-0.25, -0.2) is 15.0 Å². The van der Waals surface area contributed by atoms with E-state index in [0.29, 0.717) is 17.5 Å². The Bertz CT molecular complexity index is 3700. The Balaban J connectivity index is 1.11. The topological polar surface area (TPSA) is 51.6 Å². The van der Waals surface area contributed by atoms with E-state index in [9.17, 15) is 0 Å². The van der Waals surface area contributed by atoms with Crippen LogP contribution in [-0.4, -0.2) is 19.9 Å². The summed E-state index contributed by atoms with van der Waals surface area (Å²) in [6.07, 6.45) is 3.70. The van der Waals surface area contributed by atoms with Gasteiger partial charge in [0.05, 0.1) is 0 Å². The molecule has 0 saturated carbocycles. The number of rotatable bonds is 6. The van der Waals surface area contributed by atoms with E-state index in [2.05, 4.69) is 219 Å². The lowest BCUT2D eigenvalue weighted by Gasteiger charge is -2.24. The van der Waals surface area contributed by atoms with E-state index >= 15 is 0 Å². The van der Waals surface area contributed by atoms with Crippen LogP contribution in [0.15, 0.2) is 219 Å². The molecule has 1 aliphatic carbocycles. The van der Waals surface area contributed by atoms with Gasteiger partial charge in [-0.2, -0.15) is 0 Å². The quantitative estimate of drug-likeness (QED) is 0.156. The molecular formula is C63H42N4. The van der Waals surface area contributed by atoms with Gasteiger partial charge in [-0.05, 0) is 135 Å². The van der Waals surface area contributed by atoms with Gasteiger partial charge in [0.15, 0.2) is 17.5 Å². The largest absolute Gasteiger partial charge is 0.264 e. The second kappa shape index (κ2) is 15.3. The highest BCUT2D eigenvalue weighted by atomic mass is 15.0. The van der Waals surface area contributed by atoms with Crippen molar-refractivity contribution < 1.29 is 0 Å². The number of pyridine rings is 1. The fourth-order valence-electron chi connectivity index (χ4n) is 10.8. The van der Waals surface area contributed by atoms with Crippen LogP contribution in [0.25, 0.3) is 122 Å². The van der Waals surface area contributed by atoms with E-state index in [0.717, 1.165) is 38.9 Å². The molecule has 12 aromatic rings. The lowest BCUT2D eigenvalue weighted by atomic mass is 9.80. The van der Waals surface area contributed by atoms with Crippen LogP contribution in [0.1, 0.15) is 25.0 Å². The molecule has 0 fully saturated rings. The summed E-state index contributed by atoms with van der Waals surface area (Å²) in [5.74, 6) is 1.87. The van der Waals surface area contributed by atoms with Crippen LogP contribution in [-0.2, 0) is 5.41 Å². The molecule has 4 heteroatoms. The molecule has 0 amide bonds. The van der Waals surface area contributed by atoms with Crippen LogP contribution < -0.4 is 0 Å². The summed E-state index contributed by atoms with van der Waals surface area (Å²) in [6.45, 7) is 4.64. The van der Waals surface area contributed by atoms with Crippen molar-refractivity contribution in [2.24, 2.45) is 0 Å². The molecule has 2 heterocycles. The molecular weight excluding hydrogens is 813 g/mol.